The molecule has 0 aliphatic carbocycles. The number of nitrogens with one attached hydrogen (secondary N) is 1. The summed E-state index contributed by atoms with van der Waals surface area (Å²) >= 11 is 1.24. The van der Waals surface area contributed by atoms with E-state index in [1.165, 1.54) is 11.8 Å². The number of ether oxygens (including phenoxy) is 4. The number of aliphatic imine (C=N–C) groups is 1. The van der Waals surface area contributed by atoms with Gasteiger partial charge in [0.15, 0.2) is 23.3 Å². The number of aryl methyl sites for hydroxylation is 1. The zero-order valence-corrected chi connectivity index (χ0v) is 19.8. The highest BCUT2D eigenvalue weighted by molar-refractivity contribution is 8.18. The van der Waals surface area contributed by atoms with Crippen LogP contribution < -0.4 is 19.5 Å². The Morgan fingerprint density at radius 3 is 2.58 bits per heavy atom. The van der Waals surface area contributed by atoms with Gasteiger partial charge in [-0.25, -0.2) is 9.79 Å². The second kappa shape index (κ2) is 11.4. The largest absolute Gasteiger partial charge is 0.494 e. The van der Waals surface area contributed by atoms with Crippen LogP contribution in [-0.4, -0.2) is 44.0 Å². The summed E-state index contributed by atoms with van der Waals surface area (Å²) in [6.45, 7) is 6.04. The normalized spacial score (nSPS) is 15.5. The molecule has 1 heterocycles. The molecule has 9 heteroatoms. The smallest absolute Gasteiger partial charge is 0.344 e. The van der Waals surface area contributed by atoms with Gasteiger partial charge in [0.2, 0.25) is 0 Å². The number of carbonyl (C=O) groups is 2. The number of benzene rings is 2. The Morgan fingerprint density at radius 2 is 1.85 bits per heavy atom. The van der Waals surface area contributed by atoms with Gasteiger partial charge in [-0.15, -0.1) is 0 Å². The predicted octanol–water partition coefficient (Wildman–Crippen LogP) is 4.24. The van der Waals surface area contributed by atoms with E-state index in [0.717, 1.165) is 11.1 Å². The van der Waals surface area contributed by atoms with Crippen molar-refractivity contribution in [1.29, 1.82) is 0 Å². The molecule has 3 rings (SSSR count). The Balaban J connectivity index is 1.80. The number of amides is 1. The van der Waals surface area contributed by atoms with Gasteiger partial charge >= 0.3 is 5.97 Å². The molecule has 2 aromatic rings. The second-order valence-electron chi connectivity index (χ2n) is 6.89. The van der Waals surface area contributed by atoms with Crippen LogP contribution in [0.2, 0.25) is 0 Å². The van der Waals surface area contributed by atoms with Gasteiger partial charge in [0.25, 0.3) is 5.91 Å². The summed E-state index contributed by atoms with van der Waals surface area (Å²) in [5.74, 6) is 0.815. The van der Waals surface area contributed by atoms with E-state index in [-0.39, 0.29) is 19.1 Å². The number of hydrogen-bond donors (Lipinski definition) is 1. The van der Waals surface area contributed by atoms with E-state index in [9.17, 15) is 9.59 Å². The third-order valence-corrected chi connectivity index (χ3v) is 5.33. The predicted molar refractivity (Wildman–Crippen MR) is 128 cm³/mol. The molecule has 1 saturated heterocycles. The monoisotopic (exact) mass is 470 g/mol. The summed E-state index contributed by atoms with van der Waals surface area (Å²) in [5, 5.41) is 3.25. The van der Waals surface area contributed by atoms with Gasteiger partial charge in [-0.3, -0.25) is 4.79 Å². The van der Waals surface area contributed by atoms with Crippen LogP contribution in [0.5, 0.6) is 17.2 Å². The first-order chi connectivity index (χ1) is 15.9. The lowest BCUT2D eigenvalue weighted by Crippen LogP contribution is -2.19. The molecule has 1 aliphatic rings. The molecular formula is C24H26N2O6S. The molecule has 1 amide bonds. The average molecular weight is 471 g/mol. The zero-order chi connectivity index (χ0) is 23.8. The Hall–Kier alpha value is -3.46. The fraction of sp³-hybridized carbons (Fsp3) is 0.292. The molecule has 8 nitrogen and oxygen atoms in total. The standard InChI is InChI=1S/C24H26N2O6S/c1-5-30-20-12-16(8-10-19(20)32-14-22(27)31-6-2)13-21-23(28)26-24(33-21)25-17-11-15(3)7-9-18(17)29-4/h7-13H,5-6,14H2,1-4H3,(H,25,26,28)/b21-13-. The topological polar surface area (TPSA) is 95.5 Å². The number of carbonyl (C=O) groups excluding carboxylic acids is 2. The molecule has 2 aromatic carbocycles. The first-order valence-electron chi connectivity index (χ1n) is 10.4. The van der Waals surface area contributed by atoms with Crippen LogP contribution in [-0.2, 0) is 14.3 Å². The molecular weight excluding hydrogens is 444 g/mol. The van der Waals surface area contributed by atoms with E-state index in [1.54, 1.807) is 38.3 Å². The molecule has 0 spiro atoms. The van der Waals surface area contributed by atoms with E-state index in [1.807, 2.05) is 32.0 Å². The van der Waals surface area contributed by atoms with Gasteiger partial charge in [-0.2, -0.15) is 0 Å². The van der Waals surface area contributed by atoms with Crippen molar-refractivity contribution in [2.24, 2.45) is 4.99 Å². The van der Waals surface area contributed by atoms with Gasteiger partial charge in [-0.1, -0.05) is 12.1 Å². The first-order valence-corrected chi connectivity index (χ1v) is 11.2. The van der Waals surface area contributed by atoms with Crippen molar-refractivity contribution in [1.82, 2.24) is 5.32 Å². The Labute approximate surface area is 197 Å². The maximum absolute atomic E-state index is 12.5. The fourth-order valence-corrected chi connectivity index (χ4v) is 3.80. The maximum Gasteiger partial charge on any atom is 0.344 e. The van der Waals surface area contributed by atoms with Crippen LogP contribution >= 0.6 is 11.8 Å². The van der Waals surface area contributed by atoms with Crippen LogP contribution in [0, 0.1) is 6.92 Å². The highest BCUT2D eigenvalue weighted by atomic mass is 32.2. The van der Waals surface area contributed by atoms with Crippen LogP contribution in [0.15, 0.2) is 46.3 Å². The first kappa shape index (κ1) is 24.2. The lowest BCUT2D eigenvalue weighted by molar-refractivity contribution is -0.145. The number of methoxy groups -OCH3 is 1. The number of amidine groups is 1. The van der Waals surface area contributed by atoms with Crippen molar-refractivity contribution in [3.8, 4) is 17.2 Å². The van der Waals surface area contributed by atoms with Crippen LogP contribution in [0.1, 0.15) is 25.0 Å². The summed E-state index contributed by atoms with van der Waals surface area (Å²) in [7, 11) is 1.58. The maximum atomic E-state index is 12.5. The van der Waals surface area contributed by atoms with Crippen molar-refractivity contribution >= 4 is 40.6 Å². The number of thioether (sulfide) groups is 1. The molecule has 1 aliphatic heterocycles. The molecule has 0 bridgehead atoms. The van der Waals surface area contributed by atoms with Crippen LogP contribution in [0.4, 0.5) is 5.69 Å². The summed E-state index contributed by atoms with van der Waals surface area (Å²) in [4.78, 5) is 29.1. The van der Waals surface area contributed by atoms with Crippen molar-refractivity contribution in [2.45, 2.75) is 20.8 Å². The van der Waals surface area contributed by atoms with Gasteiger partial charge in [0.05, 0.1) is 25.2 Å². The number of esters is 1. The van der Waals surface area contributed by atoms with Crippen LogP contribution in [0.3, 0.4) is 0 Å². The van der Waals surface area contributed by atoms with Crippen LogP contribution in [0.25, 0.3) is 6.08 Å². The molecule has 174 valence electrons. The molecule has 0 aromatic heterocycles. The lowest BCUT2D eigenvalue weighted by atomic mass is 10.2. The molecule has 0 unspecified atom stereocenters. The van der Waals surface area contributed by atoms with E-state index >= 15 is 0 Å². The zero-order valence-electron chi connectivity index (χ0n) is 19.0. The molecule has 33 heavy (non-hydrogen) atoms. The van der Waals surface area contributed by atoms with E-state index in [4.69, 9.17) is 18.9 Å². The third-order valence-electron chi connectivity index (χ3n) is 4.42. The van der Waals surface area contributed by atoms with Crippen molar-refractivity contribution in [3.05, 3.63) is 52.4 Å². The van der Waals surface area contributed by atoms with Crippen molar-refractivity contribution in [2.75, 3.05) is 26.9 Å². The number of rotatable bonds is 9. The van der Waals surface area contributed by atoms with Gasteiger partial charge in [0, 0.05) is 0 Å². The highest BCUT2D eigenvalue weighted by Gasteiger charge is 2.24. The summed E-state index contributed by atoms with van der Waals surface area (Å²) in [6.07, 6.45) is 1.74. The Morgan fingerprint density at radius 1 is 1.06 bits per heavy atom. The fourth-order valence-electron chi connectivity index (χ4n) is 2.97. The van der Waals surface area contributed by atoms with E-state index in [0.29, 0.717) is 39.6 Å². The lowest BCUT2D eigenvalue weighted by Gasteiger charge is -2.12. The minimum atomic E-state index is -0.456. The van der Waals surface area contributed by atoms with Gasteiger partial charge < -0.3 is 24.3 Å². The summed E-state index contributed by atoms with van der Waals surface area (Å²) < 4.78 is 21.4. The molecule has 0 atom stereocenters. The molecule has 0 radical (unpaired) electrons. The number of hydrogen-bond acceptors (Lipinski definition) is 8. The number of nitrogens with zero attached hydrogens (tertiary/aromatic N) is 1. The third kappa shape index (κ3) is 6.52. The highest BCUT2D eigenvalue weighted by Crippen LogP contribution is 2.34. The summed E-state index contributed by atoms with van der Waals surface area (Å²) in [6, 6.07) is 10.9. The molecule has 1 N–H and O–H groups in total. The van der Waals surface area contributed by atoms with E-state index in [2.05, 4.69) is 10.3 Å². The Kier molecular flexibility index (Phi) is 8.37. The van der Waals surface area contributed by atoms with E-state index < -0.39 is 5.97 Å². The Bertz CT molecular complexity index is 1100. The van der Waals surface area contributed by atoms with Gasteiger partial charge in [-0.05, 0) is 74.0 Å². The average Bonchev–Trinajstić information content (AvgIpc) is 3.12. The minimum Gasteiger partial charge on any atom is -0.494 e. The summed E-state index contributed by atoms with van der Waals surface area (Å²) in [5.41, 5.74) is 2.42. The van der Waals surface area contributed by atoms with Crippen molar-refractivity contribution in [3.63, 3.8) is 0 Å². The SMILES string of the molecule is CCOC(=O)COc1ccc(/C=C2\SC(=Nc3cc(C)ccc3OC)NC2=O)cc1OCC. The second-order valence-corrected chi connectivity index (χ2v) is 7.92. The molecule has 0 saturated carbocycles. The molecule has 1 fully saturated rings. The minimum absolute atomic E-state index is 0.213. The van der Waals surface area contributed by atoms with Crippen molar-refractivity contribution < 1.29 is 28.5 Å². The van der Waals surface area contributed by atoms with Gasteiger partial charge in [0.1, 0.15) is 11.4 Å². The quantitative estimate of drug-likeness (QED) is 0.433.